The number of alkyl halides is 2. The van der Waals surface area contributed by atoms with E-state index >= 15 is 0 Å². The molecule has 2 aromatic carbocycles. The van der Waals surface area contributed by atoms with E-state index in [4.69, 9.17) is 4.74 Å². The highest BCUT2D eigenvalue weighted by atomic mass is 32.2. The third-order valence-corrected chi connectivity index (χ3v) is 6.76. The molecule has 2 heterocycles. The van der Waals surface area contributed by atoms with Crippen LogP contribution in [0.1, 0.15) is 0 Å². The molecule has 0 amide bonds. The van der Waals surface area contributed by atoms with Gasteiger partial charge in [0.1, 0.15) is 10.6 Å². The van der Waals surface area contributed by atoms with Crippen molar-refractivity contribution in [3.8, 4) is 17.2 Å². The molecule has 29 heavy (non-hydrogen) atoms. The number of fused-ring (bicyclic) bond motifs is 1. The van der Waals surface area contributed by atoms with Crippen molar-refractivity contribution >= 4 is 15.5 Å². The Labute approximate surface area is 167 Å². The van der Waals surface area contributed by atoms with Gasteiger partial charge in [-0.2, -0.15) is 0 Å². The average Bonchev–Trinajstić information content (AvgIpc) is 3.01. The van der Waals surface area contributed by atoms with Crippen LogP contribution in [0.15, 0.2) is 46.2 Å². The topological polar surface area (TPSA) is 68.3 Å². The van der Waals surface area contributed by atoms with Gasteiger partial charge >= 0.3 is 6.29 Å². The Hall–Kier alpha value is -2.59. The number of para-hydroxylation sites is 1. The van der Waals surface area contributed by atoms with Crippen LogP contribution < -0.4 is 19.1 Å². The molecule has 2 aliphatic rings. The summed E-state index contributed by atoms with van der Waals surface area (Å²) >= 11 is 0. The van der Waals surface area contributed by atoms with Gasteiger partial charge in [-0.1, -0.05) is 6.07 Å². The smallest absolute Gasteiger partial charge is 0.495 e. The van der Waals surface area contributed by atoms with E-state index in [1.807, 2.05) is 11.9 Å². The highest BCUT2D eigenvalue weighted by Crippen LogP contribution is 2.46. The summed E-state index contributed by atoms with van der Waals surface area (Å²) in [6.45, 7) is 3.07. The van der Waals surface area contributed by atoms with Crippen molar-refractivity contribution in [1.82, 2.24) is 4.90 Å². The van der Waals surface area contributed by atoms with Crippen molar-refractivity contribution in [2.24, 2.45) is 0 Å². The molecule has 0 N–H and O–H groups in total. The summed E-state index contributed by atoms with van der Waals surface area (Å²) in [6, 6.07) is 8.25. The van der Waals surface area contributed by atoms with E-state index in [-0.39, 0.29) is 15.5 Å². The van der Waals surface area contributed by atoms with Gasteiger partial charge in [0.15, 0.2) is 11.5 Å². The minimum atomic E-state index is -4.14. The molecular formula is C19H20F2N2O5S. The lowest BCUT2D eigenvalue weighted by Gasteiger charge is -2.34. The number of anilines is 1. The maximum atomic E-state index is 13.5. The summed E-state index contributed by atoms with van der Waals surface area (Å²) in [5.74, 6) is -0.267. The van der Waals surface area contributed by atoms with E-state index in [2.05, 4.69) is 14.4 Å². The number of rotatable bonds is 4. The number of sulfone groups is 1. The van der Waals surface area contributed by atoms with Crippen LogP contribution in [0, 0.1) is 0 Å². The van der Waals surface area contributed by atoms with Crippen LogP contribution in [-0.4, -0.2) is 59.9 Å². The fraction of sp³-hybridized carbons (Fsp3) is 0.368. The van der Waals surface area contributed by atoms with Crippen molar-refractivity contribution in [2.45, 2.75) is 16.1 Å². The minimum absolute atomic E-state index is 0.0422. The molecule has 0 spiro atoms. The monoisotopic (exact) mass is 426 g/mol. The molecular weight excluding hydrogens is 406 g/mol. The summed E-state index contributed by atoms with van der Waals surface area (Å²) in [7, 11) is -0.611. The van der Waals surface area contributed by atoms with Crippen molar-refractivity contribution < 1.29 is 31.4 Å². The number of nitrogens with zero attached hydrogens (tertiary/aromatic N) is 2. The first-order chi connectivity index (χ1) is 13.7. The van der Waals surface area contributed by atoms with E-state index in [1.54, 1.807) is 6.07 Å². The van der Waals surface area contributed by atoms with Crippen LogP contribution in [-0.2, 0) is 9.84 Å². The molecule has 0 radical (unpaired) electrons. The van der Waals surface area contributed by atoms with Crippen molar-refractivity contribution in [3.63, 3.8) is 0 Å². The average molecular weight is 426 g/mol. The number of benzene rings is 2. The van der Waals surface area contributed by atoms with Gasteiger partial charge in [-0.15, -0.1) is 8.78 Å². The van der Waals surface area contributed by atoms with Gasteiger partial charge < -0.3 is 24.0 Å². The van der Waals surface area contributed by atoms with Crippen LogP contribution in [0.2, 0.25) is 0 Å². The number of ether oxygens (including phenoxy) is 3. The molecule has 1 saturated heterocycles. The SMILES string of the molecule is COc1ccc(S(=O)(=O)c2cccc3c2OC(F)(F)O3)cc1N1CCN(C)CC1. The molecule has 0 unspecified atom stereocenters. The van der Waals surface area contributed by atoms with Crippen LogP contribution in [0.3, 0.4) is 0 Å². The van der Waals surface area contributed by atoms with Crippen molar-refractivity contribution in [2.75, 3.05) is 45.2 Å². The maximum absolute atomic E-state index is 13.5. The highest BCUT2D eigenvalue weighted by molar-refractivity contribution is 7.91. The molecule has 2 aliphatic heterocycles. The molecule has 0 bridgehead atoms. The molecule has 1 fully saturated rings. The normalized spacial score (nSPS) is 18.7. The molecule has 0 atom stereocenters. The fourth-order valence-corrected chi connectivity index (χ4v) is 4.83. The zero-order valence-electron chi connectivity index (χ0n) is 15.9. The molecule has 10 heteroatoms. The predicted octanol–water partition coefficient (Wildman–Crippen LogP) is 2.60. The van der Waals surface area contributed by atoms with Crippen LogP contribution >= 0.6 is 0 Å². The first-order valence-corrected chi connectivity index (χ1v) is 10.4. The Kier molecular flexibility index (Phi) is 4.78. The summed E-state index contributed by atoms with van der Waals surface area (Å²) in [6.07, 6.45) is -3.90. The lowest BCUT2D eigenvalue weighted by molar-refractivity contribution is -0.287. The van der Waals surface area contributed by atoms with Gasteiger partial charge in [0, 0.05) is 26.2 Å². The Bertz CT molecular complexity index is 1040. The lowest BCUT2D eigenvalue weighted by atomic mass is 10.2. The molecule has 0 saturated carbocycles. The van der Waals surface area contributed by atoms with E-state index in [9.17, 15) is 17.2 Å². The zero-order chi connectivity index (χ0) is 20.8. The molecule has 0 aromatic heterocycles. The predicted molar refractivity (Wildman–Crippen MR) is 101 cm³/mol. The second-order valence-corrected chi connectivity index (χ2v) is 8.80. The van der Waals surface area contributed by atoms with Gasteiger partial charge in [-0.25, -0.2) is 8.42 Å². The summed E-state index contributed by atoms with van der Waals surface area (Å²) < 4.78 is 67.7. The lowest BCUT2D eigenvalue weighted by Crippen LogP contribution is -2.44. The Morgan fingerprint density at radius 2 is 1.79 bits per heavy atom. The molecule has 0 aliphatic carbocycles. The summed E-state index contributed by atoms with van der Waals surface area (Å²) in [5.41, 5.74) is 0.636. The van der Waals surface area contributed by atoms with Crippen LogP contribution in [0.5, 0.6) is 17.2 Å². The third kappa shape index (κ3) is 3.58. The van der Waals surface area contributed by atoms with Crippen molar-refractivity contribution in [3.05, 3.63) is 36.4 Å². The second kappa shape index (κ2) is 7.03. The standard InChI is InChI=1S/C19H20F2N2O5S/c1-22-8-10-23(11-9-22)14-12-13(6-7-15(14)26-2)29(24,25)17-5-3-4-16-18(17)28-19(20,21)27-16/h3-7,12H,8-11H2,1-2H3. The molecule has 2 aromatic rings. The van der Waals surface area contributed by atoms with Gasteiger partial charge in [-0.3, -0.25) is 0 Å². The van der Waals surface area contributed by atoms with Gasteiger partial charge in [-0.05, 0) is 37.4 Å². The molecule has 156 valence electrons. The highest BCUT2D eigenvalue weighted by Gasteiger charge is 2.46. The van der Waals surface area contributed by atoms with E-state index in [0.717, 1.165) is 13.1 Å². The number of likely N-dealkylation sites (N-methyl/N-ethyl adjacent to an activating group) is 1. The third-order valence-electron chi connectivity index (χ3n) is 4.99. The fourth-order valence-electron chi connectivity index (χ4n) is 3.41. The van der Waals surface area contributed by atoms with E-state index in [1.165, 1.54) is 37.4 Å². The number of halogens is 2. The number of hydrogen-bond donors (Lipinski definition) is 0. The van der Waals surface area contributed by atoms with Gasteiger partial charge in [0.05, 0.1) is 17.7 Å². The number of piperazine rings is 1. The Balaban J connectivity index is 1.76. The maximum Gasteiger partial charge on any atom is 0.586 e. The largest absolute Gasteiger partial charge is 0.586 e. The molecule has 4 rings (SSSR count). The minimum Gasteiger partial charge on any atom is -0.495 e. The van der Waals surface area contributed by atoms with Gasteiger partial charge in [0.25, 0.3) is 0 Å². The second-order valence-electron chi connectivity index (χ2n) is 6.88. The first-order valence-electron chi connectivity index (χ1n) is 8.97. The van der Waals surface area contributed by atoms with Crippen LogP contribution in [0.25, 0.3) is 0 Å². The van der Waals surface area contributed by atoms with Crippen molar-refractivity contribution in [1.29, 1.82) is 0 Å². The van der Waals surface area contributed by atoms with E-state index < -0.39 is 21.9 Å². The van der Waals surface area contributed by atoms with Crippen LogP contribution in [0.4, 0.5) is 14.5 Å². The Morgan fingerprint density at radius 3 is 2.48 bits per heavy atom. The number of methoxy groups -OCH3 is 1. The summed E-state index contributed by atoms with van der Waals surface area (Å²) in [4.78, 5) is 3.80. The number of hydrogen-bond acceptors (Lipinski definition) is 7. The zero-order valence-corrected chi connectivity index (χ0v) is 16.7. The molecule has 7 nitrogen and oxygen atoms in total. The summed E-state index contributed by atoms with van der Waals surface area (Å²) in [5, 5.41) is 0. The Morgan fingerprint density at radius 1 is 1.07 bits per heavy atom. The van der Waals surface area contributed by atoms with Gasteiger partial charge in [0.2, 0.25) is 9.84 Å². The quantitative estimate of drug-likeness (QED) is 0.745. The first kappa shape index (κ1) is 19.7. The van der Waals surface area contributed by atoms with E-state index in [0.29, 0.717) is 24.5 Å².